The van der Waals surface area contributed by atoms with Crippen molar-refractivity contribution in [2.75, 3.05) is 5.32 Å². The topological polar surface area (TPSA) is 12.0 Å². The Labute approximate surface area is 142 Å². The molecule has 0 unspecified atom stereocenters. The largest absolute Gasteiger partial charge is 0.380 e. The standard InChI is InChI=1S/C17H12BrCl2N/c18-15-6-8-17(14-4-2-1-3-13(14)15)21-10-11-9-12(19)5-7-16(11)20/h1-9,21H,10H2. The monoisotopic (exact) mass is 379 g/mol. The van der Waals surface area contributed by atoms with Gasteiger partial charge < -0.3 is 5.32 Å². The SMILES string of the molecule is Clc1ccc(Cl)c(CNc2ccc(Br)c3ccccc23)c1. The minimum absolute atomic E-state index is 0.630. The van der Waals surface area contributed by atoms with Gasteiger partial charge in [-0.15, -0.1) is 0 Å². The van der Waals surface area contributed by atoms with Crippen molar-refractivity contribution >= 4 is 55.6 Å². The second-order valence-electron chi connectivity index (χ2n) is 4.73. The first kappa shape index (κ1) is 14.7. The van der Waals surface area contributed by atoms with Crippen LogP contribution in [0.5, 0.6) is 0 Å². The summed E-state index contributed by atoms with van der Waals surface area (Å²) in [5, 5.41) is 7.19. The highest BCUT2D eigenvalue weighted by molar-refractivity contribution is 9.10. The highest BCUT2D eigenvalue weighted by atomic mass is 79.9. The van der Waals surface area contributed by atoms with Crippen molar-refractivity contribution in [3.8, 4) is 0 Å². The maximum absolute atomic E-state index is 6.20. The van der Waals surface area contributed by atoms with Gasteiger partial charge in [-0.2, -0.15) is 0 Å². The Kier molecular flexibility index (Phi) is 4.39. The Morgan fingerprint density at radius 3 is 2.48 bits per heavy atom. The lowest BCUT2D eigenvalue weighted by Crippen LogP contribution is -2.00. The molecule has 0 saturated carbocycles. The van der Waals surface area contributed by atoms with E-state index < -0.39 is 0 Å². The van der Waals surface area contributed by atoms with E-state index in [9.17, 15) is 0 Å². The molecule has 3 aromatic carbocycles. The second kappa shape index (κ2) is 6.27. The summed E-state index contributed by atoms with van der Waals surface area (Å²) in [4.78, 5) is 0. The van der Waals surface area contributed by atoms with E-state index in [1.807, 2.05) is 30.3 Å². The molecule has 0 aliphatic rings. The molecule has 0 radical (unpaired) electrons. The lowest BCUT2D eigenvalue weighted by molar-refractivity contribution is 1.15. The molecule has 0 aliphatic heterocycles. The van der Waals surface area contributed by atoms with Crippen LogP contribution in [0.25, 0.3) is 10.8 Å². The summed E-state index contributed by atoms with van der Waals surface area (Å²) in [5.74, 6) is 0. The van der Waals surface area contributed by atoms with Crippen LogP contribution < -0.4 is 5.32 Å². The molecular weight excluding hydrogens is 369 g/mol. The number of halogens is 3. The molecule has 1 nitrogen and oxygen atoms in total. The van der Waals surface area contributed by atoms with Gasteiger partial charge in [-0.1, -0.05) is 63.4 Å². The summed E-state index contributed by atoms with van der Waals surface area (Å²) < 4.78 is 1.09. The van der Waals surface area contributed by atoms with Gasteiger partial charge in [0.25, 0.3) is 0 Å². The Balaban J connectivity index is 1.92. The number of hydrogen-bond donors (Lipinski definition) is 1. The number of nitrogens with one attached hydrogen (secondary N) is 1. The van der Waals surface area contributed by atoms with Gasteiger partial charge in [0.1, 0.15) is 0 Å². The van der Waals surface area contributed by atoms with Gasteiger partial charge in [0.2, 0.25) is 0 Å². The Morgan fingerprint density at radius 1 is 0.905 bits per heavy atom. The summed E-state index contributed by atoms with van der Waals surface area (Å²) in [7, 11) is 0. The first-order valence-electron chi connectivity index (χ1n) is 6.50. The van der Waals surface area contributed by atoms with Crippen LogP contribution in [0.15, 0.2) is 59.1 Å². The van der Waals surface area contributed by atoms with E-state index in [2.05, 4.69) is 39.4 Å². The van der Waals surface area contributed by atoms with Crippen LogP contribution in [0.3, 0.4) is 0 Å². The second-order valence-corrected chi connectivity index (χ2v) is 6.43. The van der Waals surface area contributed by atoms with Crippen molar-refractivity contribution < 1.29 is 0 Å². The lowest BCUT2D eigenvalue weighted by atomic mass is 10.1. The molecule has 21 heavy (non-hydrogen) atoms. The fourth-order valence-corrected chi connectivity index (χ4v) is 3.14. The third-order valence-corrected chi connectivity index (χ3v) is 4.64. The van der Waals surface area contributed by atoms with E-state index in [1.165, 1.54) is 10.8 Å². The summed E-state index contributed by atoms with van der Waals surface area (Å²) >= 11 is 15.8. The van der Waals surface area contributed by atoms with Crippen LogP contribution >= 0.6 is 39.1 Å². The zero-order chi connectivity index (χ0) is 14.8. The smallest absolute Gasteiger partial charge is 0.0456 e. The first-order chi connectivity index (χ1) is 10.1. The highest BCUT2D eigenvalue weighted by Gasteiger charge is 2.05. The molecule has 3 rings (SSSR count). The van der Waals surface area contributed by atoms with Crippen molar-refractivity contribution in [2.45, 2.75) is 6.54 Å². The Morgan fingerprint density at radius 2 is 1.67 bits per heavy atom. The molecule has 0 bridgehead atoms. The van der Waals surface area contributed by atoms with E-state index in [-0.39, 0.29) is 0 Å². The van der Waals surface area contributed by atoms with Gasteiger partial charge in [0.05, 0.1) is 0 Å². The molecule has 0 spiro atoms. The number of rotatable bonds is 3. The molecule has 106 valence electrons. The Bertz CT molecular complexity index is 802. The van der Waals surface area contributed by atoms with Crippen molar-refractivity contribution in [2.24, 2.45) is 0 Å². The van der Waals surface area contributed by atoms with Crippen molar-refractivity contribution in [3.63, 3.8) is 0 Å². The van der Waals surface area contributed by atoms with Gasteiger partial charge in [-0.25, -0.2) is 0 Å². The van der Waals surface area contributed by atoms with Gasteiger partial charge in [0, 0.05) is 32.1 Å². The average molecular weight is 381 g/mol. The zero-order valence-electron chi connectivity index (χ0n) is 11.0. The Hall–Kier alpha value is -1.22. The molecule has 0 amide bonds. The van der Waals surface area contributed by atoms with Crippen LogP contribution in [0.1, 0.15) is 5.56 Å². The first-order valence-corrected chi connectivity index (χ1v) is 8.05. The van der Waals surface area contributed by atoms with Gasteiger partial charge in [-0.05, 0) is 41.3 Å². The molecule has 0 aliphatic carbocycles. The van der Waals surface area contributed by atoms with Crippen LogP contribution in [0.4, 0.5) is 5.69 Å². The van der Waals surface area contributed by atoms with Gasteiger partial charge >= 0.3 is 0 Å². The fraction of sp³-hybridized carbons (Fsp3) is 0.0588. The van der Waals surface area contributed by atoms with Crippen molar-refractivity contribution in [3.05, 3.63) is 74.7 Å². The number of benzene rings is 3. The summed E-state index contributed by atoms with van der Waals surface area (Å²) in [6, 6.07) is 17.9. The zero-order valence-corrected chi connectivity index (χ0v) is 14.1. The molecule has 0 heterocycles. The minimum Gasteiger partial charge on any atom is -0.380 e. The highest BCUT2D eigenvalue weighted by Crippen LogP contribution is 2.30. The molecule has 0 saturated heterocycles. The average Bonchev–Trinajstić information content (AvgIpc) is 2.50. The van der Waals surface area contributed by atoms with Crippen LogP contribution in [0, 0.1) is 0 Å². The van der Waals surface area contributed by atoms with Crippen molar-refractivity contribution in [1.82, 2.24) is 0 Å². The van der Waals surface area contributed by atoms with E-state index in [1.54, 1.807) is 6.07 Å². The van der Waals surface area contributed by atoms with Crippen molar-refractivity contribution in [1.29, 1.82) is 0 Å². The van der Waals surface area contributed by atoms with Crippen LogP contribution in [-0.4, -0.2) is 0 Å². The maximum Gasteiger partial charge on any atom is 0.0456 e. The molecule has 0 atom stereocenters. The summed E-state index contributed by atoms with van der Waals surface area (Å²) in [6.07, 6.45) is 0. The number of fused-ring (bicyclic) bond motifs is 1. The normalized spacial score (nSPS) is 10.8. The van der Waals surface area contributed by atoms with E-state index in [0.717, 1.165) is 15.7 Å². The predicted octanol–water partition coefficient (Wildman–Crippen LogP) is 6.52. The van der Waals surface area contributed by atoms with E-state index in [0.29, 0.717) is 16.6 Å². The fourth-order valence-electron chi connectivity index (χ4n) is 2.29. The predicted molar refractivity (Wildman–Crippen MR) is 95.4 cm³/mol. The lowest BCUT2D eigenvalue weighted by Gasteiger charge is -2.12. The maximum atomic E-state index is 6.20. The third kappa shape index (κ3) is 3.18. The van der Waals surface area contributed by atoms with E-state index >= 15 is 0 Å². The van der Waals surface area contributed by atoms with Crippen LogP contribution in [0.2, 0.25) is 10.0 Å². The van der Waals surface area contributed by atoms with Crippen LogP contribution in [-0.2, 0) is 6.54 Å². The quantitative estimate of drug-likeness (QED) is 0.545. The number of anilines is 1. The molecular formula is C17H12BrCl2N. The third-order valence-electron chi connectivity index (χ3n) is 3.35. The molecule has 1 N–H and O–H groups in total. The van der Waals surface area contributed by atoms with Gasteiger partial charge in [-0.3, -0.25) is 0 Å². The van der Waals surface area contributed by atoms with E-state index in [4.69, 9.17) is 23.2 Å². The molecule has 0 fully saturated rings. The summed E-state index contributed by atoms with van der Waals surface area (Å²) in [5.41, 5.74) is 2.06. The number of hydrogen-bond acceptors (Lipinski definition) is 1. The summed E-state index contributed by atoms with van der Waals surface area (Å²) in [6.45, 7) is 0.630. The minimum atomic E-state index is 0.630. The molecule has 4 heteroatoms. The van der Waals surface area contributed by atoms with Gasteiger partial charge in [0.15, 0.2) is 0 Å². The molecule has 0 aromatic heterocycles. The molecule has 3 aromatic rings.